The number of carbonyl (C=O) groups excluding carboxylic acids is 1. The lowest BCUT2D eigenvalue weighted by atomic mass is 10.1. The first-order valence-electron chi connectivity index (χ1n) is 3.56. The molecule has 0 aromatic heterocycles. The van der Waals surface area contributed by atoms with Crippen LogP contribution in [-0.4, -0.2) is 11.6 Å². The molecule has 0 saturated carbocycles. The van der Waals surface area contributed by atoms with Gasteiger partial charge in [0.25, 0.3) is 0 Å². The number of carbonyl (C=O) groups is 1. The van der Waals surface area contributed by atoms with Gasteiger partial charge in [-0.05, 0) is 17.4 Å². The third-order valence-corrected chi connectivity index (χ3v) is 2.13. The molecule has 1 amide bonds. The first kappa shape index (κ1) is 8.25. The van der Waals surface area contributed by atoms with Crippen LogP contribution in [0.4, 0.5) is 0 Å². The highest BCUT2D eigenvalue weighted by Crippen LogP contribution is 2.13. The van der Waals surface area contributed by atoms with Gasteiger partial charge in [0.05, 0.1) is 0 Å². The minimum absolute atomic E-state index is 0.299. The number of hydrogen-bond acceptors (Lipinski definition) is 3. The summed E-state index contributed by atoms with van der Waals surface area (Å²) in [6, 6.07) is 7.25. The van der Waals surface area contributed by atoms with Crippen LogP contribution in [0.3, 0.4) is 0 Å². The van der Waals surface area contributed by atoms with E-state index in [2.05, 4.69) is 31.4 Å². The Bertz CT molecular complexity index is 408. The highest BCUT2D eigenvalue weighted by atomic mass is 79.9. The molecule has 64 valence electrons. The Morgan fingerprint density at radius 3 is 2.38 bits per heavy atom. The minimum atomic E-state index is -0.387. The summed E-state index contributed by atoms with van der Waals surface area (Å²) in [5.41, 5.74) is 1.03. The van der Waals surface area contributed by atoms with Crippen LogP contribution < -0.4 is 0 Å². The van der Waals surface area contributed by atoms with Gasteiger partial charge >= 0.3 is 5.91 Å². The highest BCUT2D eigenvalue weighted by molar-refractivity contribution is 9.10. The second kappa shape index (κ2) is 3.18. The Labute approximate surface area is 82.5 Å². The number of nitrogens with zero attached hydrogens (tertiary/aromatic N) is 3. The third-order valence-electron chi connectivity index (χ3n) is 1.60. The number of amides is 1. The van der Waals surface area contributed by atoms with Crippen molar-refractivity contribution in [1.82, 2.24) is 0 Å². The van der Waals surface area contributed by atoms with Crippen molar-refractivity contribution in [2.45, 2.75) is 0 Å². The second-order valence-electron chi connectivity index (χ2n) is 2.45. The molecule has 2 rings (SSSR count). The van der Waals surface area contributed by atoms with E-state index in [4.69, 9.17) is 0 Å². The van der Waals surface area contributed by atoms with E-state index in [-0.39, 0.29) is 5.91 Å². The molecule has 0 N–H and O–H groups in total. The van der Waals surface area contributed by atoms with E-state index < -0.39 is 0 Å². The van der Waals surface area contributed by atoms with Gasteiger partial charge in [0.2, 0.25) is 0 Å². The maximum Gasteiger partial charge on any atom is 0.318 e. The quantitative estimate of drug-likeness (QED) is 0.739. The lowest BCUT2D eigenvalue weighted by Crippen LogP contribution is -2.08. The highest BCUT2D eigenvalue weighted by Gasteiger charge is 2.17. The first-order chi connectivity index (χ1) is 6.27. The third kappa shape index (κ3) is 1.55. The van der Waals surface area contributed by atoms with E-state index in [9.17, 15) is 4.79 Å². The number of hydrogen-bond donors (Lipinski definition) is 0. The van der Waals surface area contributed by atoms with E-state index >= 15 is 0 Å². The van der Waals surface area contributed by atoms with E-state index in [1.807, 2.05) is 12.1 Å². The van der Waals surface area contributed by atoms with Crippen molar-refractivity contribution in [3.05, 3.63) is 34.3 Å². The Balaban J connectivity index is 2.38. The van der Waals surface area contributed by atoms with Crippen molar-refractivity contribution in [2.75, 3.05) is 0 Å². The summed E-state index contributed by atoms with van der Waals surface area (Å²) < 4.78 is 0.955. The van der Waals surface area contributed by atoms with Crippen molar-refractivity contribution in [2.24, 2.45) is 15.4 Å². The van der Waals surface area contributed by atoms with E-state index in [0.717, 1.165) is 10.0 Å². The van der Waals surface area contributed by atoms with Crippen molar-refractivity contribution < 1.29 is 4.79 Å². The van der Waals surface area contributed by atoms with Gasteiger partial charge in [0.1, 0.15) is 0 Å². The maximum absolute atomic E-state index is 11.1. The summed E-state index contributed by atoms with van der Waals surface area (Å²) >= 11 is 3.30. The zero-order valence-corrected chi connectivity index (χ0v) is 8.02. The topological polar surface area (TPSA) is 54.1 Å². The largest absolute Gasteiger partial charge is 0.318 e. The van der Waals surface area contributed by atoms with Gasteiger partial charge in [-0.2, -0.15) is 0 Å². The first-order valence-corrected chi connectivity index (χ1v) is 4.35. The van der Waals surface area contributed by atoms with Crippen molar-refractivity contribution in [3.8, 4) is 0 Å². The summed E-state index contributed by atoms with van der Waals surface area (Å²) in [6.07, 6.45) is 0. The zero-order chi connectivity index (χ0) is 9.26. The van der Waals surface area contributed by atoms with Gasteiger partial charge < -0.3 is 0 Å². The molecule has 4 nitrogen and oxygen atoms in total. The Hall–Kier alpha value is -1.36. The molecule has 1 heterocycles. The Morgan fingerprint density at radius 1 is 1.15 bits per heavy atom. The van der Waals surface area contributed by atoms with Gasteiger partial charge in [-0.25, -0.2) is 0 Å². The lowest BCUT2D eigenvalue weighted by molar-refractivity contribution is -0.111. The van der Waals surface area contributed by atoms with Crippen molar-refractivity contribution in [3.63, 3.8) is 0 Å². The van der Waals surface area contributed by atoms with E-state index in [0.29, 0.717) is 5.71 Å². The minimum Gasteiger partial charge on any atom is -0.263 e. The SMILES string of the molecule is O=C1N=NN=C1c1ccc(Br)cc1. The average molecular weight is 238 g/mol. The fourth-order valence-electron chi connectivity index (χ4n) is 0.987. The molecule has 0 spiro atoms. The molecule has 0 atom stereocenters. The number of benzene rings is 1. The van der Waals surface area contributed by atoms with Crippen LogP contribution in [0.1, 0.15) is 5.56 Å². The molecule has 0 fully saturated rings. The predicted molar refractivity (Wildman–Crippen MR) is 50.5 cm³/mol. The summed E-state index contributed by atoms with van der Waals surface area (Å²) in [7, 11) is 0. The van der Waals surface area contributed by atoms with Crippen molar-refractivity contribution in [1.29, 1.82) is 0 Å². The summed E-state index contributed by atoms with van der Waals surface area (Å²) in [6.45, 7) is 0. The van der Waals surface area contributed by atoms with Crippen LogP contribution in [0.5, 0.6) is 0 Å². The van der Waals surface area contributed by atoms with Gasteiger partial charge in [-0.1, -0.05) is 33.2 Å². The van der Waals surface area contributed by atoms with Crippen LogP contribution in [0.25, 0.3) is 0 Å². The summed E-state index contributed by atoms with van der Waals surface area (Å²) in [5, 5.41) is 10.2. The van der Waals surface area contributed by atoms with Gasteiger partial charge in [0.15, 0.2) is 5.71 Å². The molecule has 0 bridgehead atoms. The molecule has 1 aliphatic rings. The van der Waals surface area contributed by atoms with Crippen LogP contribution in [0, 0.1) is 0 Å². The van der Waals surface area contributed by atoms with Crippen LogP contribution in [0.2, 0.25) is 0 Å². The zero-order valence-electron chi connectivity index (χ0n) is 6.44. The molecular formula is C8H4BrN3O. The standard InChI is InChI=1S/C8H4BrN3O/c9-6-3-1-5(2-4-6)7-8(13)11-12-10-7/h1-4H. The Kier molecular flexibility index (Phi) is 2.02. The average Bonchev–Trinajstić information content (AvgIpc) is 2.53. The smallest absolute Gasteiger partial charge is 0.263 e. The molecular weight excluding hydrogens is 234 g/mol. The van der Waals surface area contributed by atoms with E-state index in [1.54, 1.807) is 12.1 Å². The normalized spacial score (nSPS) is 14.8. The predicted octanol–water partition coefficient (Wildman–Crippen LogP) is 2.15. The fourth-order valence-corrected chi connectivity index (χ4v) is 1.25. The molecule has 1 aliphatic heterocycles. The Morgan fingerprint density at radius 2 is 1.85 bits per heavy atom. The second-order valence-corrected chi connectivity index (χ2v) is 3.37. The molecule has 13 heavy (non-hydrogen) atoms. The summed E-state index contributed by atoms with van der Waals surface area (Å²) in [4.78, 5) is 11.1. The van der Waals surface area contributed by atoms with Crippen LogP contribution in [-0.2, 0) is 4.79 Å². The van der Waals surface area contributed by atoms with Gasteiger partial charge in [-0.15, -0.1) is 5.10 Å². The lowest BCUT2D eigenvalue weighted by Gasteiger charge is -1.95. The molecule has 0 unspecified atom stereocenters. The van der Waals surface area contributed by atoms with Gasteiger partial charge in [0, 0.05) is 10.0 Å². The number of halogens is 1. The van der Waals surface area contributed by atoms with Crippen LogP contribution in [0.15, 0.2) is 44.2 Å². The molecule has 0 radical (unpaired) electrons. The maximum atomic E-state index is 11.1. The fraction of sp³-hybridized carbons (Fsp3) is 0. The van der Waals surface area contributed by atoms with Gasteiger partial charge in [-0.3, -0.25) is 4.79 Å². The van der Waals surface area contributed by atoms with E-state index in [1.165, 1.54) is 0 Å². The molecule has 0 aliphatic carbocycles. The van der Waals surface area contributed by atoms with Crippen molar-refractivity contribution >= 4 is 27.5 Å². The summed E-state index contributed by atoms with van der Waals surface area (Å²) in [5.74, 6) is -0.387. The molecule has 1 aromatic rings. The molecule has 1 aromatic carbocycles. The monoisotopic (exact) mass is 237 g/mol. The molecule has 0 saturated heterocycles. The van der Waals surface area contributed by atoms with Crippen LogP contribution >= 0.6 is 15.9 Å². The number of rotatable bonds is 1. The molecule has 5 heteroatoms.